The first-order valence-corrected chi connectivity index (χ1v) is 6.87. The number of benzene rings is 1. The summed E-state index contributed by atoms with van der Waals surface area (Å²) in [5.41, 5.74) is 1.02. The Bertz CT molecular complexity index is 519. The molecule has 1 aliphatic rings. The van der Waals surface area contributed by atoms with Gasteiger partial charge in [-0.15, -0.1) is 0 Å². The molecule has 1 aromatic rings. The van der Waals surface area contributed by atoms with Gasteiger partial charge >= 0.3 is 0 Å². The van der Waals surface area contributed by atoms with Gasteiger partial charge in [-0.05, 0) is 24.6 Å². The number of nitrogens with one attached hydrogen (secondary N) is 1. The molecule has 108 valence electrons. The molecule has 1 N–H and O–H groups in total. The zero-order chi connectivity index (χ0) is 14.5. The van der Waals surface area contributed by atoms with Crippen LogP contribution >= 0.6 is 11.6 Å². The molecule has 1 aromatic carbocycles. The minimum atomic E-state index is -0.140. The van der Waals surface area contributed by atoms with Gasteiger partial charge in [-0.25, -0.2) is 0 Å². The molecule has 1 heterocycles. The fourth-order valence-electron chi connectivity index (χ4n) is 1.97. The molecule has 2 rings (SSSR count). The standard InChI is InChI=1S/C14H17ClN2O3/c1-10-2-3-11(15)12(8-10)20-9-14(19)17-6-4-13(18)16-5-7-17/h2-3,8H,4-7,9H2,1H3,(H,16,18). The van der Waals surface area contributed by atoms with Gasteiger partial charge in [-0.2, -0.15) is 0 Å². The second kappa shape index (κ2) is 6.61. The number of amides is 2. The van der Waals surface area contributed by atoms with E-state index in [4.69, 9.17) is 16.3 Å². The van der Waals surface area contributed by atoms with E-state index in [1.165, 1.54) is 0 Å². The Kier molecular flexibility index (Phi) is 4.84. The van der Waals surface area contributed by atoms with Crippen LogP contribution in [0.3, 0.4) is 0 Å². The molecule has 1 fully saturated rings. The molecule has 0 aromatic heterocycles. The summed E-state index contributed by atoms with van der Waals surface area (Å²) in [5.74, 6) is 0.339. The van der Waals surface area contributed by atoms with Gasteiger partial charge in [-0.3, -0.25) is 9.59 Å². The summed E-state index contributed by atoms with van der Waals surface area (Å²) in [4.78, 5) is 24.9. The maximum atomic E-state index is 12.0. The molecule has 0 unspecified atom stereocenters. The van der Waals surface area contributed by atoms with Crippen molar-refractivity contribution in [2.45, 2.75) is 13.3 Å². The van der Waals surface area contributed by atoms with Crippen LogP contribution in [0.15, 0.2) is 18.2 Å². The fraction of sp³-hybridized carbons (Fsp3) is 0.429. The molecular formula is C14H17ClN2O3. The van der Waals surface area contributed by atoms with Crippen molar-refractivity contribution in [3.8, 4) is 5.75 Å². The minimum Gasteiger partial charge on any atom is -0.482 e. The summed E-state index contributed by atoms with van der Waals surface area (Å²) in [6, 6.07) is 5.41. The molecule has 20 heavy (non-hydrogen) atoms. The predicted octanol–water partition coefficient (Wildman–Crippen LogP) is 1.38. The first kappa shape index (κ1) is 14.7. The number of aryl methyl sites for hydroxylation is 1. The third-order valence-corrected chi connectivity index (χ3v) is 3.42. The van der Waals surface area contributed by atoms with Crippen molar-refractivity contribution < 1.29 is 14.3 Å². The van der Waals surface area contributed by atoms with Crippen molar-refractivity contribution in [3.63, 3.8) is 0 Å². The molecule has 0 spiro atoms. The van der Waals surface area contributed by atoms with Gasteiger partial charge in [0.15, 0.2) is 6.61 Å². The van der Waals surface area contributed by atoms with Crippen LogP contribution in [-0.4, -0.2) is 43.0 Å². The average Bonchev–Trinajstić information content (AvgIpc) is 2.64. The Morgan fingerprint density at radius 1 is 1.45 bits per heavy atom. The van der Waals surface area contributed by atoms with Crippen molar-refractivity contribution in [2.75, 3.05) is 26.2 Å². The zero-order valence-corrected chi connectivity index (χ0v) is 12.1. The van der Waals surface area contributed by atoms with Crippen LogP contribution in [0.2, 0.25) is 5.02 Å². The van der Waals surface area contributed by atoms with Gasteiger partial charge in [0.25, 0.3) is 5.91 Å². The number of hydrogen-bond acceptors (Lipinski definition) is 3. The Morgan fingerprint density at radius 2 is 2.25 bits per heavy atom. The van der Waals surface area contributed by atoms with Crippen molar-refractivity contribution in [3.05, 3.63) is 28.8 Å². The van der Waals surface area contributed by atoms with E-state index in [0.29, 0.717) is 36.8 Å². The van der Waals surface area contributed by atoms with E-state index in [2.05, 4.69) is 5.32 Å². The van der Waals surface area contributed by atoms with Crippen molar-refractivity contribution in [2.24, 2.45) is 0 Å². The van der Waals surface area contributed by atoms with E-state index in [1.54, 1.807) is 17.0 Å². The molecule has 0 atom stereocenters. The summed E-state index contributed by atoms with van der Waals surface area (Å²) < 4.78 is 5.47. The highest BCUT2D eigenvalue weighted by Gasteiger charge is 2.19. The van der Waals surface area contributed by atoms with Gasteiger partial charge in [0.2, 0.25) is 5.91 Å². The number of hydrogen-bond donors (Lipinski definition) is 1. The lowest BCUT2D eigenvalue weighted by Crippen LogP contribution is -2.37. The average molecular weight is 297 g/mol. The molecule has 6 heteroatoms. The van der Waals surface area contributed by atoms with Crippen molar-refractivity contribution in [1.82, 2.24) is 10.2 Å². The SMILES string of the molecule is Cc1ccc(Cl)c(OCC(=O)N2CCNC(=O)CC2)c1. The highest BCUT2D eigenvalue weighted by atomic mass is 35.5. The first-order chi connectivity index (χ1) is 9.56. The highest BCUT2D eigenvalue weighted by Crippen LogP contribution is 2.25. The Hall–Kier alpha value is -1.75. The van der Waals surface area contributed by atoms with Crippen molar-refractivity contribution in [1.29, 1.82) is 0 Å². The second-order valence-electron chi connectivity index (χ2n) is 4.70. The van der Waals surface area contributed by atoms with Crippen LogP contribution < -0.4 is 10.1 Å². The molecular weight excluding hydrogens is 280 g/mol. The monoisotopic (exact) mass is 296 g/mol. The molecule has 0 aliphatic carbocycles. The Morgan fingerprint density at radius 3 is 3.05 bits per heavy atom. The van der Waals surface area contributed by atoms with Gasteiger partial charge in [0, 0.05) is 26.1 Å². The van der Waals surface area contributed by atoms with Crippen LogP contribution in [0.25, 0.3) is 0 Å². The number of ether oxygens (including phenoxy) is 1. The molecule has 1 aliphatic heterocycles. The topological polar surface area (TPSA) is 58.6 Å². The van der Waals surface area contributed by atoms with Gasteiger partial charge in [0.1, 0.15) is 5.75 Å². The van der Waals surface area contributed by atoms with Gasteiger partial charge in [-0.1, -0.05) is 17.7 Å². The summed E-state index contributed by atoms with van der Waals surface area (Å²) in [5, 5.41) is 3.21. The number of carbonyl (C=O) groups is 2. The number of halogens is 1. The number of nitrogens with zero attached hydrogens (tertiary/aromatic N) is 1. The Labute approximate surface area is 122 Å². The van der Waals surface area contributed by atoms with Crippen LogP contribution in [0.1, 0.15) is 12.0 Å². The van der Waals surface area contributed by atoms with E-state index < -0.39 is 0 Å². The summed E-state index contributed by atoms with van der Waals surface area (Å²) >= 11 is 6.01. The molecule has 0 bridgehead atoms. The maximum absolute atomic E-state index is 12.0. The molecule has 0 radical (unpaired) electrons. The minimum absolute atomic E-state index is 0.0250. The fourth-order valence-corrected chi connectivity index (χ4v) is 2.14. The largest absolute Gasteiger partial charge is 0.482 e. The number of rotatable bonds is 3. The lowest BCUT2D eigenvalue weighted by Gasteiger charge is -2.19. The summed E-state index contributed by atoms with van der Waals surface area (Å²) in [7, 11) is 0. The van der Waals surface area contributed by atoms with E-state index in [9.17, 15) is 9.59 Å². The summed E-state index contributed by atoms with van der Waals surface area (Å²) in [6.07, 6.45) is 0.330. The molecule has 5 nitrogen and oxygen atoms in total. The van der Waals surface area contributed by atoms with E-state index in [1.807, 2.05) is 13.0 Å². The zero-order valence-electron chi connectivity index (χ0n) is 11.3. The van der Waals surface area contributed by atoms with Crippen LogP contribution in [0.5, 0.6) is 5.75 Å². The lowest BCUT2D eigenvalue weighted by atomic mass is 10.2. The van der Waals surface area contributed by atoms with Crippen LogP contribution in [-0.2, 0) is 9.59 Å². The number of carbonyl (C=O) groups excluding carboxylic acids is 2. The van der Waals surface area contributed by atoms with Crippen LogP contribution in [0.4, 0.5) is 0 Å². The predicted molar refractivity (Wildman–Crippen MR) is 75.9 cm³/mol. The van der Waals surface area contributed by atoms with Gasteiger partial charge < -0.3 is 15.0 Å². The van der Waals surface area contributed by atoms with E-state index >= 15 is 0 Å². The molecule has 1 saturated heterocycles. The third kappa shape index (κ3) is 3.87. The van der Waals surface area contributed by atoms with Crippen molar-refractivity contribution >= 4 is 23.4 Å². The highest BCUT2D eigenvalue weighted by molar-refractivity contribution is 6.32. The molecule has 0 saturated carbocycles. The van der Waals surface area contributed by atoms with Crippen LogP contribution in [0, 0.1) is 6.92 Å². The smallest absolute Gasteiger partial charge is 0.260 e. The Balaban J connectivity index is 1.91. The van der Waals surface area contributed by atoms with Gasteiger partial charge in [0.05, 0.1) is 5.02 Å². The van der Waals surface area contributed by atoms with E-state index in [-0.39, 0.29) is 18.4 Å². The lowest BCUT2D eigenvalue weighted by molar-refractivity contribution is -0.133. The first-order valence-electron chi connectivity index (χ1n) is 6.49. The normalized spacial score (nSPS) is 15.5. The quantitative estimate of drug-likeness (QED) is 0.917. The third-order valence-electron chi connectivity index (χ3n) is 3.10. The second-order valence-corrected chi connectivity index (χ2v) is 5.11. The van der Waals surface area contributed by atoms with E-state index in [0.717, 1.165) is 5.56 Å². The summed E-state index contributed by atoms with van der Waals surface area (Å²) in [6.45, 7) is 3.27. The maximum Gasteiger partial charge on any atom is 0.260 e. The molecule has 2 amide bonds.